The number of amides is 2. The Balaban J connectivity index is 2.29. The van der Waals surface area contributed by atoms with Crippen LogP contribution in [0.25, 0.3) is 0 Å². The number of benzene rings is 2. The van der Waals surface area contributed by atoms with Gasteiger partial charge in [-0.3, -0.25) is 19.7 Å². The molecule has 0 radical (unpaired) electrons. The summed E-state index contributed by atoms with van der Waals surface area (Å²) >= 11 is 5.94. The molecule has 7 nitrogen and oxygen atoms in total. The molecule has 30 heavy (non-hydrogen) atoms. The average Bonchev–Trinajstić information content (AvgIpc) is 2.72. The van der Waals surface area contributed by atoms with Crippen molar-refractivity contribution in [2.45, 2.75) is 52.2 Å². The summed E-state index contributed by atoms with van der Waals surface area (Å²) in [5.41, 5.74) is 0.996. The zero-order chi connectivity index (χ0) is 22.3. The highest BCUT2D eigenvalue weighted by molar-refractivity contribution is 6.30. The Hall–Kier alpha value is -2.93. The van der Waals surface area contributed by atoms with Crippen molar-refractivity contribution in [1.82, 2.24) is 10.2 Å². The monoisotopic (exact) mass is 431 g/mol. The van der Waals surface area contributed by atoms with Crippen molar-refractivity contribution in [1.29, 1.82) is 0 Å². The van der Waals surface area contributed by atoms with E-state index in [0.717, 1.165) is 12.0 Å². The second-order valence-electron chi connectivity index (χ2n) is 7.20. The van der Waals surface area contributed by atoms with Gasteiger partial charge in [-0.15, -0.1) is 0 Å². The lowest BCUT2D eigenvalue weighted by atomic mass is 10.1. The van der Waals surface area contributed by atoms with Crippen LogP contribution in [0.2, 0.25) is 5.02 Å². The topological polar surface area (TPSA) is 92.6 Å². The van der Waals surface area contributed by atoms with Gasteiger partial charge in [0.05, 0.1) is 11.3 Å². The van der Waals surface area contributed by atoms with Crippen molar-refractivity contribution in [2.24, 2.45) is 0 Å². The second kappa shape index (κ2) is 10.7. The quantitative estimate of drug-likeness (QED) is 0.477. The molecule has 0 bridgehead atoms. The van der Waals surface area contributed by atoms with E-state index in [9.17, 15) is 19.7 Å². The fraction of sp³-hybridized carbons (Fsp3) is 0.364. The van der Waals surface area contributed by atoms with Crippen molar-refractivity contribution in [2.75, 3.05) is 0 Å². The van der Waals surface area contributed by atoms with Crippen molar-refractivity contribution in [3.8, 4) is 0 Å². The Morgan fingerprint density at radius 1 is 1.13 bits per heavy atom. The number of carbonyl (C=O) groups is 2. The molecule has 2 aromatic carbocycles. The van der Waals surface area contributed by atoms with Crippen LogP contribution < -0.4 is 5.32 Å². The highest BCUT2D eigenvalue weighted by Gasteiger charge is 2.28. The Kier molecular flexibility index (Phi) is 8.35. The summed E-state index contributed by atoms with van der Waals surface area (Å²) in [7, 11) is 0. The minimum Gasteiger partial charge on any atom is -0.352 e. The molecule has 0 aromatic heterocycles. The maximum Gasteiger partial charge on any atom is 0.273 e. The van der Waals surface area contributed by atoms with Gasteiger partial charge < -0.3 is 10.2 Å². The lowest BCUT2D eigenvalue weighted by Gasteiger charge is -2.29. The molecule has 160 valence electrons. The molecule has 0 aliphatic rings. The minimum absolute atomic E-state index is 0.0253. The number of nitro groups is 1. The van der Waals surface area contributed by atoms with E-state index >= 15 is 0 Å². The highest BCUT2D eigenvalue weighted by Crippen LogP contribution is 2.21. The SMILES string of the molecule is CC[C@H](C)NC(=O)[C@@H](C)N(Cc1ccc(Cl)cc1)C(=O)Cc1ccccc1[N+](=O)[O-]. The summed E-state index contributed by atoms with van der Waals surface area (Å²) in [5, 5.41) is 14.8. The van der Waals surface area contributed by atoms with Gasteiger partial charge in [0, 0.05) is 29.2 Å². The second-order valence-corrected chi connectivity index (χ2v) is 7.64. The van der Waals surface area contributed by atoms with Crippen molar-refractivity contribution < 1.29 is 14.5 Å². The molecule has 0 unspecified atom stereocenters. The van der Waals surface area contributed by atoms with E-state index in [2.05, 4.69) is 5.32 Å². The number of nitro benzene ring substituents is 1. The Bertz CT molecular complexity index is 902. The zero-order valence-electron chi connectivity index (χ0n) is 17.3. The number of halogens is 1. The molecule has 0 aliphatic heterocycles. The van der Waals surface area contributed by atoms with Crippen molar-refractivity contribution >= 4 is 29.1 Å². The first-order chi connectivity index (χ1) is 14.2. The number of nitrogens with one attached hydrogen (secondary N) is 1. The van der Waals surface area contributed by atoms with Crippen LogP contribution in [0, 0.1) is 10.1 Å². The number of nitrogens with zero attached hydrogens (tertiary/aromatic N) is 2. The molecule has 0 fully saturated rings. The van der Waals surface area contributed by atoms with Crippen LogP contribution in [0.3, 0.4) is 0 Å². The van der Waals surface area contributed by atoms with Gasteiger partial charge in [0.25, 0.3) is 5.69 Å². The molecular formula is C22H26ClN3O4. The summed E-state index contributed by atoms with van der Waals surface area (Å²) in [6, 6.07) is 12.4. The molecule has 2 atom stereocenters. The number of para-hydroxylation sites is 1. The molecule has 2 amide bonds. The predicted octanol–water partition coefficient (Wildman–Crippen LogP) is 4.12. The lowest BCUT2D eigenvalue weighted by molar-refractivity contribution is -0.385. The third-order valence-corrected chi connectivity index (χ3v) is 5.22. The maximum atomic E-state index is 13.2. The van der Waals surface area contributed by atoms with E-state index in [1.807, 2.05) is 13.8 Å². The minimum atomic E-state index is -0.745. The van der Waals surface area contributed by atoms with Crippen LogP contribution in [-0.4, -0.2) is 33.7 Å². The molecule has 2 aromatic rings. The fourth-order valence-electron chi connectivity index (χ4n) is 2.94. The van der Waals surface area contributed by atoms with Crippen LogP contribution in [0.15, 0.2) is 48.5 Å². The normalized spacial score (nSPS) is 12.7. The van der Waals surface area contributed by atoms with Crippen molar-refractivity contribution in [3.63, 3.8) is 0 Å². The smallest absolute Gasteiger partial charge is 0.273 e. The zero-order valence-corrected chi connectivity index (χ0v) is 18.1. The van der Waals surface area contributed by atoms with E-state index in [4.69, 9.17) is 11.6 Å². The van der Waals surface area contributed by atoms with Gasteiger partial charge in [0.15, 0.2) is 0 Å². The third-order valence-electron chi connectivity index (χ3n) is 4.96. The third kappa shape index (κ3) is 6.29. The molecule has 0 spiro atoms. The van der Waals surface area contributed by atoms with Crippen LogP contribution in [-0.2, 0) is 22.6 Å². The molecular weight excluding hydrogens is 406 g/mol. The summed E-state index contributed by atoms with van der Waals surface area (Å²) in [4.78, 5) is 38.1. The van der Waals surface area contributed by atoms with Gasteiger partial charge in [-0.25, -0.2) is 0 Å². The van der Waals surface area contributed by atoms with Gasteiger partial charge >= 0.3 is 0 Å². The van der Waals surface area contributed by atoms with Crippen molar-refractivity contribution in [3.05, 3.63) is 74.8 Å². The van der Waals surface area contributed by atoms with Gasteiger partial charge in [-0.05, 0) is 38.0 Å². The molecule has 0 saturated carbocycles. The number of carbonyl (C=O) groups excluding carboxylic acids is 2. The molecule has 0 aliphatic carbocycles. The molecule has 0 saturated heterocycles. The molecule has 0 heterocycles. The van der Waals surface area contributed by atoms with Gasteiger partial charge in [-0.1, -0.05) is 48.9 Å². The Labute approximate surface area is 181 Å². The molecule has 8 heteroatoms. The summed E-state index contributed by atoms with van der Waals surface area (Å²) in [6.07, 6.45) is 0.589. The van der Waals surface area contributed by atoms with Gasteiger partial charge in [-0.2, -0.15) is 0 Å². The van der Waals surface area contributed by atoms with Gasteiger partial charge in [0.2, 0.25) is 11.8 Å². The standard InChI is InChI=1S/C22H26ClN3O4/c1-4-15(2)24-22(28)16(3)25(14-17-9-11-19(23)12-10-17)21(27)13-18-7-5-6-8-20(18)26(29)30/h5-12,15-16H,4,13-14H2,1-3H3,(H,24,28)/t15-,16+/m0/s1. The summed E-state index contributed by atoms with van der Waals surface area (Å²) in [6.45, 7) is 5.70. The number of hydrogen-bond acceptors (Lipinski definition) is 4. The Morgan fingerprint density at radius 3 is 2.37 bits per heavy atom. The lowest BCUT2D eigenvalue weighted by Crippen LogP contribution is -2.49. The fourth-order valence-corrected chi connectivity index (χ4v) is 3.06. The van der Waals surface area contributed by atoms with E-state index in [1.165, 1.54) is 11.0 Å². The van der Waals surface area contributed by atoms with E-state index < -0.39 is 11.0 Å². The van der Waals surface area contributed by atoms with E-state index in [-0.39, 0.29) is 36.5 Å². The summed E-state index contributed by atoms with van der Waals surface area (Å²) in [5.74, 6) is -0.639. The largest absolute Gasteiger partial charge is 0.352 e. The average molecular weight is 432 g/mol. The van der Waals surface area contributed by atoms with Gasteiger partial charge in [0.1, 0.15) is 6.04 Å². The first-order valence-corrected chi connectivity index (χ1v) is 10.2. The predicted molar refractivity (Wildman–Crippen MR) is 116 cm³/mol. The van der Waals surface area contributed by atoms with Crippen LogP contribution >= 0.6 is 11.6 Å². The molecule has 1 N–H and O–H groups in total. The first kappa shape index (κ1) is 23.3. The number of hydrogen-bond donors (Lipinski definition) is 1. The van der Waals surface area contributed by atoms with E-state index in [1.54, 1.807) is 49.4 Å². The van der Waals surface area contributed by atoms with Crippen LogP contribution in [0.5, 0.6) is 0 Å². The number of rotatable bonds is 9. The van der Waals surface area contributed by atoms with Crippen LogP contribution in [0.4, 0.5) is 5.69 Å². The van der Waals surface area contributed by atoms with Crippen LogP contribution in [0.1, 0.15) is 38.3 Å². The first-order valence-electron chi connectivity index (χ1n) is 9.79. The summed E-state index contributed by atoms with van der Waals surface area (Å²) < 4.78 is 0. The maximum absolute atomic E-state index is 13.2. The molecule has 2 rings (SSSR count). The highest BCUT2D eigenvalue weighted by atomic mass is 35.5. The van der Waals surface area contributed by atoms with E-state index in [0.29, 0.717) is 10.6 Å². The Morgan fingerprint density at radius 2 is 1.77 bits per heavy atom.